The topological polar surface area (TPSA) is 115 Å². The van der Waals surface area contributed by atoms with E-state index in [9.17, 15) is 18.0 Å². The smallest absolute Gasteiger partial charge is 0.331 e. The summed E-state index contributed by atoms with van der Waals surface area (Å²) in [5, 5.41) is 2.45. The van der Waals surface area contributed by atoms with Gasteiger partial charge in [0.05, 0.1) is 12.3 Å². The molecule has 0 saturated heterocycles. The lowest BCUT2D eigenvalue weighted by Gasteiger charge is -2.30. The zero-order valence-corrected chi connectivity index (χ0v) is 13.9. The number of benzene rings is 1. The molecule has 0 fully saturated rings. The highest BCUT2D eigenvalue weighted by molar-refractivity contribution is 6.05. The molecule has 0 saturated carbocycles. The second kappa shape index (κ2) is 8.00. The molecular weight excluding hydrogens is 351 g/mol. The van der Waals surface area contributed by atoms with Crippen LogP contribution in [0.2, 0.25) is 0 Å². The molecule has 1 aromatic rings. The van der Waals surface area contributed by atoms with Crippen molar-refractivity contribution >= 4 is 23.6 Å². The summed E-state index contributed by atoms with van der Waals surface area (Å²) in [7, 11) is 0. The highest BCUT2D eigenvalue weighted by Crippen LogP contribution is 2.32. The van der Waals surface area contributed by atoms with Crippen molar-refractivity contribution in [2.75, 3.05) is 18.5 Å². The van der Waals surface area contributed by atoms with Gasteiger partial charge < -0.3 is 21.5 Å². The first-order chi connectivity index (χ1) is 12.2. The molecule has 1 amide bonds. The average molecular weight is 369 g/mol. The van der Waals surface area contributed by atoms with E-state index in [2.05, 4.69) is 15.3 Å². The summed E-state index contributed by atoms with van der Waals surface area (Å²) in [4.78, 5) is 19.0. The van der Waals surface area contributed by atoms with Crippen LogP contribution in [0.15, 0.2) is 40.0 Å². The molecule has 1 aliphatic heterocycles. The third-order valence-electron chi connectivity index (χ3n) is 3.54. The fourth-order valence-electron chi connectivity index (χ4n) is 2.36. The number of alkyl halides is 2. The van der Waals surface area contributed by atoms with Crippen molar-refractivity contribution in [1.82, 2.24) is 0 Å². The number of amides is 1. The summed E-state index contributed by atoms with van der Waals surface area (Å²) in [6, 6.07) is 3.88. The highest BCUT2D eigenvalue weighted by atomic mass is 19.3. The Balaban J connectivity index is 2.22. The number of aliphatic imine (C=N–C) groups is 2. The maximum absolute atomic E-state index is 14.3. The van der Waals surface area contributed by atoms with Gasteiger partial charge in [0.2, 0.25) is 0 Å². The van der Waals surface area contributed by atoms with Crippen molar-refractivity contribution in [2.45, 2.75) is 19.0 Å². The van der Waals surface area contributed by atoms with E-state index in [0.717, 1.165) is 18.4 Å². The number of ether oxygens (including phenoxy) is 1. The van der Waals surface area contributed by atoms with E-state index in [1.54, 1.807) is 6.92 Å². The highest BCUT2D eigenvalue weighted by Gasteiger charge is 2.33. The summed E-state index contributed by atoms with van der Waals surface area (Å²) in [5.41, 5.74) is 10.2. The van der Waals surface area contributed by atoms with E-state index in [-0.39, 0.29) is 36.0 Å². The van der Waals surface area contributed by atoms with Crippen molar-refractivity contribution in [3.63, 3.8) is 0 Å². The van der Waals surface area contributed by atoms with Crippen molar-refractivity contribution in [3.8, 4) is 0 Å². The minimum absolute atomic E-state index is 0.119. The number of nitrogens with two attached hydrogens (primary N) is 2. The number of carbonyl (C=O) groups excluding carboxylic acids is 1. The van der Waals surface area contributed by atoms with Crippen LogP contribution in [0.25, 0.3) is 0 Å². The average Bonchev–Trinajstić information content (AvgIpc) is 2.55. The summed E-state index contributed by atoms with van der Waals surface area (Å²) in [5.74, 6) is -1.06. The van der Waals surface area contributed by atoms with Crippen LogP contribution in [0.1, 0.15) is 12.5 Å². The summed E-state index contributed by atoms with van der Waals surface area (Å²) in [6.45, 7) is -0.963. The molecule has 5 N–H and O–H groups in total. The maximum Gasteiger partial charge on any atom is 0.331 e. The number of carbonyl (C=O) groups is 1. The Hall–Kier alpha value is -2.88. The number of nitrogens with zero attached hydrogens (tertiary/aromatic N) is 2. The van der Waals surface area contributed by atoms with Gasteiger partial charge in [-0.15, -0.1) is 0 Å². The minimum Gasteiger partial charge on any atom is -0.394 e. The number of allylic oxidation sites excluding steroid dienone is 1. The molecule has 0 bridgehead atoms. The Bertz CT molecular complexity index is 779. The number of halogens is 3. The van der Waals surface area contributed by atoms with Crippen LogP contribution in [-0.2, 0) is 15.1 Å². The van der Waals surface area contributed by atoms with Gasteiger partial charge in [0.1, 0.15) is 23.8 Å². The van der Waals surface area contributed by atoms with E-state index in [4.69, 9.17) is 16.2 Å². The van der Waals surface area contributed by atoms with Gasteiger partial charge in [-0.05, 0) is 31.2 Å². The zero-order chi connectivity index (χ0) is 19.3. The van der Waals surface area contributed by atoms with Gasteiger partial charge in [0.25, 0.3) is 5.91 Å². The first kappa shape index (κ1) is 19.4. The number of hydrogen-bond donors (Lipinski definition) is 3. The minimum atomic E-state index is -2.90. The van der Waals surface area contributed by atoms with Crippen LogP contribution in [-0.4, -0.2) is 37.7 Å². The molecular formula is C16H18F3N5O2. The first-order valence-electron chi connectivity index (χ1n) is 7.52. The fourth-order valence-corrected chi connectivity index (χ4v) is 2.36. The molecule has 0 spiro atoms. The third kappa shape index (κ3) is 4.82. The van der Waals surface area contributed by atoms with E-state index >= 15 is 0 Å². The Morgan fingerprint density at radius 2 is 2.23 bits per heavy atom. The predicted octanol–water partition coefficient (Wildman–Crippen LogP) is 1.50. The largest absolute Gasteiger partial charge is 0.394 e. The van der Waals surface area contributed by atoms with Crippen LogP contribution in [0.3, 0.4) is 0 Å². The number of amidine groups is 1. The van der Waals surface area contributed by atoms with E-state index < -0.39 is 23.8 Å². The fraction of sp³-hybridized carbons (Fsp3) is 0.312. The second-order valence-corrected chi connectivity index (χ2v) is 5.72. The maximum atomic E-state index is 14.3. The molecule has 0 aliphatic carbocycles. The molecule has 1 heterocycles. The summed E-state index contributed by atoms with van der Waals surface area (Å²) >= 11 is 0. The molecule has 26 heavy (non-hydrogen) atoms. The van der Waals surface area contributed by atoms with Gasteiger partial charge in [0.15, 0.2) is 0 Å². The second-order valence-electron chi connectivity index (χ2n) is 5.72. The first-order valence-corrected chi connectivity index (χ1v) is 7.52. The lowest BCUT2D eigenvalue weighted by atomic mass is 9.92. The normalized spacial score (nSPS) is 21.1. The Kier molecular flexibility index (Phi) is 5.98. The number of rotatable bonds is 5. The van der Waals surface area contributed by atoms with Gasteiger partial charge >= 0.3 is 6.55 Å². The van der Waals surface area contributed by atoms with E-state index in [1.807, 2.05) is 0 Å². The lowest BCUT2D eigenvalue weighted by molar-refractivity contribution is -0.112. The van der Waals surface area contributed by atoms with Gasteiger partial charge in [-0.1, -0.05) is 0 Å². The molecule has 1 aliphatic rings. The third-order valence-corrected chi connectivity index (χ3v) is 3.54. The molecule has 0 unspecified atom stereocenters. The summed E-state index contributed by atoms with van der Waals surface area (Å²) < 4.78 is 43.4. The Morgan fingerprint density at radius 3 is 2.88 bits per heavy atom. The SMILES string of the molecule is C[C@@]1(c2cc(NC(=O)C(N)=CC=NC(F)F)ccc2F)COCC(N)=N1. The van der Waals surface area contributed by atoms with Gasteiger partial charge in [0, 0.05) is 17.5 Å². The molecule has 7 nitrogen and oxygen atoms in total. The molecule has 1 atom stereocenters. The van der Waals surface area contributed by atoms with E-state index in [1.165, 1.54) is 12.1 Å². The Labute approximate surface area is 147 Å². The zero-order valence-electron chi connectivity index (χ0n) is 13.9. The molecule has 0 aromatic heterocycles. The standard InChI is InChI=1S/C16H18F3N5O2/c1-16(8-26-7-13(21)24-16)10-6-9(2-3-11(10)17)23-14(25)12(20)4-5-22-15(18)19/h2-6,15H,7-8,20H2,1H3,(H2,21,24)(H,23,25)/t16-/m0/s1. The number of hydrogen-bond acceptors (Lipinski definition) is 6. The molecule has 1 aromatic carbocycles. The van der Waals surface area contributed by atoms with E-state index in [0.29, 0.717) is 0 Å². The van der Waals surface area contributed by atoms with Crippen molar-refractivity contribution < 1.29 is 22.7 Å². The van der Waals surface area contributed by atoms with Crippen molar-refractivity contribution in [2.24, 2.45) is 21.5 Å². The van der Waals surface area contributed by atoms with Crippen LogP contribution in [0, 0.1) is 5.82 Å². The monoisotopic (exact) mass is 369 g/mol. The van der Waals surface area contributed by atoms with Crippen LogP contribution < -0.4 is 16.8 Å². The van der Waals surface area contributed by atoms with Crippen molar-refractivity contribution in [3.05, 3.63) is 41.4 Å². The number of nitrogens with one attached hydrogen (secondary N) is 1. The molecule has 10 heteroatoms. The molecule has 2 rings (SSSR count). The van der Waals surface area contributed by atoms with Gasteiger partial charge in [-0.3, -0.25) is 9.79 Å². The lowest BCUT2D eigenvalue weighted by Crippen LogP contribution is -2.38. The van der Waals surface area contributed by atoms with Crippen molar-refractivity contribution in [1.29, 1.82) is 0 Å². The van der Waals surface area contributed by atoms with Crippen LogP contribution in [0.4, 0.5) is 18.9 Å². The van der Waals surface area contributed by atoms with Crippen LogP contribution >= 0.6 is 0 Å². The number of anilines is 1. The Morgan fingerprint density at radius 1 is 1.50 bits per heavy atom. The van der Waals surface area contributed by atoms with Crippen LogP contribution in [0.5, 0.6) is 0 Å². The van der Waals surface area contributed by atoms with Gasteiger partial charge in [-0.25, -0.2) is 9.38 Å². The predicted molar refractivity (Wildman–Crippen MR) is 91.6 cm³/mol. The quantitative estimate of drug-likeness (QED) is 0.414. The molecule has 0 radical (unpaired) electrons. The summed E-state index contributed by atoms with van der Waals surface area (Å²) in [6.07, 6.45) is 1.67. The van der Waals surface area contributed by atoms with Gasteiger partial charge in [-0.2, -0.15) is 8.78 Å². The molecule has 140 valence electrons.